The van der Waals surface area contributed by atoms with E-state index in [4.69, 9.17) is 9.84 Å². The van der Waals surface area contributed by atoms with E-state index in [1.54, 1.807) is 0 Å². The summed E-state index contributed by atoms with van der Waals surface area (Å²) in [6.45, 7) is 6.48. The largest absolute Gasteiger partial charge is 0.481 e. The lowest BCUT2D eigenvalue weighted by atomic mass is 9.56. The van der Waals surface area contributed by atoms with E-state index < -0.39 is 23.0 Å². The van der Waals surface area contributed by atoms with Gasteiger partial charge < -0.3 is 25.6 Å². The van der Waals surface area contributed by atoms with Crippen molar-refractivity contribution in [1.82, 2.24) is 10.6 Å². The summed E-state index contributed by atoms with van der Waals surface area (Å²) in [5.74, 6) is -0.969. The molecule has 2 atom stereocenters. The second kappa shape index (κ2) is 6.41. The van der Waals surface area contributed by atoms with Gasteiger partial charge >= 0.3 is 12.0 Å². The number of carboxylic acid groups (broad SMARTS) is 1. The third-order valence-corrected chi connectivity index (χ3v) is 4.06. The predicted molar refractivity (Wildman–Crippen MR) is 72.4 cm³/mol. The molecule has 0 aromatic heterocycles. The van der Waals surface area contributed by atoms with Crippen LogP contribution in [-0.2, 0) is 9.53 Å². The van der Waals surface area contributed by atoms with Crippen molar-refractivity contribution in [3.8, 4) is 0 Å². The molecule has 2 amide bonds. The quantitative estimate of drug-likeness (QED) is 0.540. The first-order valence-electron chi connectivity index (χ1n) is 6.80. The lowest BCUT2D eigenvalue weighted by Gasteiger charge is -2.57. The van der Waals surface area contributed by atoms with E-state index in [1.807, 2.05) is 20.8 Å². The van der Waals surface area contributed by atoms with Gasteiger partial charge in [-0.1, -0.05) is 13.8 Å². The molecule has 116 valence electrons. The van der Waals surface area contributed by atoms with Gasteiger partial charge in [-0.05, 0) is 6.92 Å². The molecule has 1 aliphatic rings. The Hall–Kier alpha value is -1.34. The van der Waals surface area contributed by atoms with Gasteiger partial charge in [-0.15, -0.1) is 0 Å². The van der Waals surface area contributed by atoms with Crippen molar-refractivity contribution in [2.24, 2.45) is 5.41 Å². The van der Waals surface area contributed by atoms with Gasteiger partial charge in [-0.2, -0.15) is 0 Å². The molecule has 7 nitrogen and oxygen atoms in total. The summed E-state index contributed by atoms with van der Waals surface area (Å²) < 4.78 is 5.53. The predicted octanol–water partition coefficient (Wildman–Crippen LogP) is 0.326. The zero-order valence-corrected chi connectivity index (χ0v) is 12.2. The summed E-state index contributed by atoms with van der Waals surface area (Å²) in [4.78, 5) is 21.8. The third kappa shape index (κ3) is 3.61. The maximum absolute atomic E-state index is 11.5. The van der Waals surface area contributed by atoms with Crippen LogP contribution in [0.5, 0.6) is 0 Å². The fourth-order valence-electron chi connectivity index (χ4n) is 2.33. The summed E-state index contributed by atoms with van der Waals surface area (Å²) in [5.41, 5.74) is -1.44. The summed E-state index contributed by atoms with van der Waals surface area (Å²) in [6, 6.07) is -0.477. The van der Waals surface area contributed by atoms with Crippen molar-refractivity contribution in [3.63, 3.8) is 0 Å². The number of hydrogen-bond donors (Lipinski definition) is 4. The molecule has 1 saturated carbocycles. The van der Waals surface area contributed by atoms with Gasteiger partial charge in [0.25, 0.3) is 0 Å². The van der Waals surface area contributed by atoms with E-state index in [0.717, 1.165) is 0 Å². The minimum absolute atomic E-state index is 0.0191. The van der Waals surface area contributed by atoms with Crippen LogP contribution < -0.4 is 10.6 Å². The second-order valence-electron chi connectivity index (χ2n) is 5.65. The van der Waals surface area contributed by atoms with E-state index in [1.165, 1.54) is 0 Å². The van der Waals surface area contributed by atoms with Crippen molar-refractivity contribution in [2.75, 3.05) is 19.7 Å². The molecule has 0 bridgehead atoms. The molecule has 4 N–H and O–H groups in total. The molecule has 0 aliphatic heterocycles. The maximum atomic E-state index is 11.5. The molecule has 0 aromatic rings. The van der Waals surface area contributed by atoms with Gasteiger partial charge in [-0.3, -0.25) is 4.79 Å². The number of nitrogens with one attached hydrogen (secondary N) is 2. The smallest absolute Gasteiger partial charge is 0.314 e. The Labute approximate surface area is 118 Å². The number of urea groups is 1. The zero-order chi connectivity index (χ0) is 15.4. The van der Waals surface area contributed by atoms with Gasteiger partial charge in [0.15, 0.2) is 0 Å². The molecule has 1 rings (SSSR count). The Balaban J connectivity index is 2.34. The Morgan fingerprint density at radius 3 is 2.50 bits per heavy atom. The number of rotatable bonds is 7. The van der Waals surface area contributed by atoms with Crippen molar-refractivity contribution in [1.29, 1.82) is 0 Å². The fourth-order valence-corrected chi connectivity index (χ4v) is 2.33. The fraction of sp³-hybridized carbons (Fsp3) is 0.846. The van der Waals surface area contributed by atoms with Gasteiger partial charge in [0.1, 0.15) is 0 Å². The number of ether oxygens (including phenoxy) is 1. The molecule has 0 radical (unpaired) electrons. The van der Waals surface area contributed by atoms with Crippen LogP contribution in [-0.4, -0.2) is 53.6 Å². The average molecular weight is 288 g/mol. The molecule has 0 aromatic carbocycles. The summed E-state index contributed by atoms with van der Waals surface area (Å²) >= 11 is 0. The van der Waals surface area contributed by atoms with Crippen LogP contribution in [0.3, 0.4) is 0 Å². The highest BCUT2D eigenvalue weighted by Crippen LogP contribution is 2.50. The Bertz CT molecular complexity index is 372. The van der Waals surface area contributed by atoms with Gasteiger partial charge in [0.05, 0.1) is 18.1 Å². The van der Waals surface area contributed by atoms with Crippen molar-refractivity contribution < 1.29 is 24.5 Å². The van der Waals surface area contributed by atoms with Crippen molar-refractivity contribution >= 4 is 12.0 Å². The van der Waals surface area contributed by atoms with E-state index >= 15 is 0 Å². The van der Waals surface area contributed by atoms with Crippen LogP contribution in [0.4, 0.5) is 4.79 Å². The van der Waals surface area contributed by atoms with Gasteiger partial charge in [0, 0.05) is 31.5 Å². The van der Waals surface area contributed by atoms with Crippen molar-refractivity contribution in [2.45, 2.75) is 45.3 Å². The first kappa shape index (κ1) is 16.7. The molecule has 0 heterocycles. The minimum Gasteiger partial charge on any atom is -0.481 e. The van der Waals surface area contributed by atoms with Crippen LogP contribution in [0.2, 0.25) is 0 Å². The first-order valence-corrected chi connectivity index (χ1v) is 6.80. The monoisotopic (exact) mass is 288 g/mol. The standard InChI is InChI=1S/C13H24N2O5/c1-4-20-9-7-13(19,12(9,2)3)8-15-11(18)14-6-5-10(16)17/h9,19H,4-8H2,1-3H3,(H,16,17)(H2,14,15,18). The van der Waals surface area contributed by atoms with Crippen molar-refractivity contribution in [3.05, 3.63) is 0 Å². The van der Waals surface area contributed by atoms with Crippen LogP contribution in [0.1, 0.15) is 33.6 Å². The summed E-state index contributed by atoms with van der Waals surface area (Å²) in [6.07, 6.45) is 0.327. The summed E-state index contributed by atoms with van der Waals surface area (Å²) in [5, 5.41) is 23.9. The highest BCUT2D eigenvalue weighted by molar-refractivity contribution is 5.75. The number of hydrogen-bond acceptors (Lipinski definition) is 4. The molecular formula is C13H24N2O5. The van der Waals surface area contributed by atoms with Crippen LogP contribution in [0.15, 0.2) is 0 Å². The molecule has 7 heteroatoms. The zero-order valence-electron chi connectivity index (χ0n) is 12.2. The molecule has 0 saturated heterocycles. The number of carboxylic acids is 1. The lowest BCUT2D eigenvalue weighted by Crippen LogP contribution is -2.69. The maximum Gasteiger partial charge on any atom is 0.314 e. The molecule has 1 aliphatic carbocycles. The minimum atomic E-state index is -1.00. The normalized spacial score (nSPS) is 27.5. The number of amides is 2. The highest BCUT2D eigenvalue weighted by Gasteiger charge is 2.59. The van der Waals surface area contributed by atoms with E-state index in [-0.39, 0.29) is 25.6 Å². The van der Waals surface area contributed by atoms with Gasteiger partial charge in [0.2, 0.25) is 0 Å². The Morgan fingerprint density at radius 1 is 1.35 bits per heavy atom. The number of aliphatic hydroxyl groups is 1. The highest BCUT2D eigenvalue weighted by atomic mass is 16.5. The average Bonchev–Trinajstić information content (AvgIpc) is 2.35. The first-order chi connectivity index (χ1) is 9.23. The molecule has 0 spiro atoms. The molecule has 2 unspecified atom stereocenters. The Morgan fingerprint density at radius 2 is 2.00 bits per heavy atom. The number of aliphatic carboxylic acids is 1. The van der Waals surface area contributed by atoms with Gasteiger partial charge in [-0.25, -0.2) is 4.79 Å². The van der Waals surface area contributed by atoms with Crippen LogP contribution in [0, 0.1) is 5.41 Å². The van der Waals surface area contributed by atoms with Crippen LogP contribution in [0.25, 0.3) is 0 Å². The van der Waals surface area contributed by atoms with E-state index in [2.05, 4.69) is 10.6 Å². The molecule has 1 fully saturated rings. The summed E-state index contributed by atoms with van der Waals surface area (Å²) in [7, 11) is 0. The second-order valence-corrected chi connectivity index (χ2v) is 5.65. The van der Waals surface area contributed by atoms with Crippen LogP contribution >= 0.6 is 0 Å². The topological polar surface area (TPSA) is 108 Å². The van der Waals surface area contributed by atoms with E-state index in [9.17, 15) is 14.7 Å². The van der Waals surface area contributed by atoms with E-state index in [0.29, 0.717) is 13.0 Å². The molecular weight excluding hydrogens is 264 g/mol. The third-order valence-electron chi connectivity index (χ3n) is 4.06. The molecule has 20 heavy (non-hydrogen) atoms. The SMILES string of the molecule is CCOC1CC(O)(CNC(=O)NCCC(=O)O)C1(C)C. The Kier molecular flexibility index (Phi) is 5.35. The lowest BCUT2D eigenvalue weighted by molar-refractivity contribution is -0.237. The number of carbonyl (C=O) groups is 2. The number of carbonyl (C=O) groups excluding carboxylic acids is 1.